The van der Waals surface area contributed by atoms with Crippen LogP contribution in [0.5, 0.6) is 0 Å². The second kappa shape index (κ2) is 35.6. The van der Waals surface area contributed by atoms with Gasteiger partial charge in [-0.15, -0.1) is 0 Å². The summed E-state index contributed by atoms with van der Waals surface area (Å²) >= 11 is 0. The second-order valence-electron chi connectivity index (χ2n) is 18.3. The summed E-state index contributed by atoms with van der Waals surface area (Å²) < 4.78 is 32.0. The minimum absolute atomic E-state index is 0. The quantitative estimate of drug-likeness (QED) is 0.0350. The van der Waals surface area contributed by atoms with Crippen molar-refractivity contribution < 1.29 is 73.7 Å². The van der Waals surface area contributed by atoms with E-state index in [0.29, 0.717) is 62.2 Å². The first kappa shape index (κ1) is 56.4. The van der Waals surface area contributed by atoms with Crippen molar-refractivity contribution in [3.63, 3.8) is 0 Å². The zero-order chi connectivity index (χ0) is 44.6. The van der Waals surface area contributed by atoms with Crippen LogP contribution in [0, 0.1) is 37.5 Å². The van der Waals surface area contributed by atoms with Gasteiger partial charge in [0.2, 0.25) is 0 Å². The van der Waals surface area contributed by atoms with Crippen LogP contribution in [0.15, 0.2) is 0 Å². The van der Waals surface area contributed by atoms with Crippen LogP contribution in [0.4, 0.5) is 0 Å². The fourth-order valence-electron chi connectivity index (χ4n) is 9.23. The van der Waals surface area contributed by atoms with Crippen LogP contribution in [0.3, 0.4) is 0 Å². The SMILES string of the molecule is [CH2-]CCC(=O)OC(COC(=O)CCC1CCCCC1)COC(=O)CCC1CCCCC1.[CH2-]CCC(=O)OC(COC(=O)CCC1CCCCC1)COC(=O)CCC1CCCCC1.[NiH]. The fraction of sp³-hybridized carbons (Fsp3) is 0.840. The molecule has 0 N–H and O–H groups in total. The van der Waals surface area contributed by atoms with E-state index in [1.165, 1.54) is 128 Å². The van der Waals surface area contributed by atoms with Gasteiger partial charge in [0.25, 0.3) is 0 Å². The van der Waals surface area contributed by atoms with Gasteiger partial charge in [0.15, 0.2) is 12.2 Å². The van der Waals surface area contributed by atoms with Crippen molar-refractivity contribution in [3.8, 4) is 0 Å². The molecule has 0 bridgehead atoms. The zero-order valence-electron chi connectivity index (χ0n) is 38.6. The van der Waals surface area contributed by atoms with E-state index < -0.39 is 24.1 Å². The predicted octanol–water partition coefficient (Wildman–Crippen LogP) is 10.4. The maximum atomic E-state index is 12.1. The van der Waals surface area contributed by atoms with E-state index in [4.69, 9.17) is 28.4 Å². The predicted molar refractivity (Wildman–Crippen MR) is 237 cm³/mol. The summed E-state index contributed by atoms with van der Waals surface area (Å²) in [6, 6.07) is 0. The Morgan fingerprint density at radius 1 is 0.349 bits per heavy atom. The van der Waals surface area contributed by atoms with E-state index in [1.807, 2.05) is 0 Å². The molecule has 0 aliphatic heterocycles. The first-order chi connectivity index (χ1) is 30.1. The van der Waals surface area contributed by atoms with Gasteiger partial charge in [-0.25, -0.2) is 0 Å². The van der Waals surface area contributed by atoms with E-state index in [-0.39, 0.29) is 79.6 Å². The molecule has 4 aliphatic carbocycles. The Kier molecular flexibility index (Phi) is 31.9. The van der Waals surface area contributed by atoms with Gasteiger partial charge in [-0.3, -0.25) is 28.8 Å². The van der Waals surface area contributed by atoms with Gasteiger partial charge in [-0.05, 0) is 49.4 Å². The number of carbonyl (C=O) groups excluding carboxylic acids is 6. The average Bonchev–Trinajstić information content (AvgIpc) is 3.29. The molecule has 12 nitrogen and oxygen atoms in total. The molecule has 0 aromatic heterocycles. The van der Waals surface area contributed by atoms with Gasteiger partial charge < -0.3 is 42.3 Å². The second-order valence-corrected chi connectivity index (χ2v) is 18.3. The Balaban J connectivity index is 0.000000427. The van der Waals surface area contributed by atoms with E-state index in [9.17, 15) is 28.8 Å². The molecule has 4 aliphatic rings. The van der Waals surface area contributed by atoms with Crippen molar-refractivity contribution in [2.75, 3.05) is 26.4 Å². The van der Waals surface area contributed by atoms with Crippen LogP contribution in [-0.4, -0.2) is 74.5 Å². The van der Waals surface area contributed by atoms with Crippen molar-refractivity contribution in [2.45, 2.75) is 218 Å². The summed E-state index contributed by atoms with van der Waals surface area (Å²) in [4.78, 5) is 72.3. The number of rotatable bonds is 26. The first-order valence-corrected chi connectivity index (χ1v) is 24.7. The summed E-state index contributed by atoms with van der Waals surface area (Å²) in [5.41, 5.74) is 0. The number of hydrogen-bond donors (Lipinski definition) is 0. The molecule has 0 atom stereocenters. The standard InChI is InChI=1S/2C25H41O6.Ni.H/c2*1-2-9-25(28)31-22(18-29-23(26)16-14-20-10-5-3-6-11-20)19-30-24(27)17-15-21-12-7-4-8-13-21;;/h2*20-22H,1-19H2;;/q2*-1;;. The molecule has 0 saturated heterocycles. The number of hydrogen-bond acceptors (Lipinski definition) is 12. The molecule has 0 aromatic rings. The fourth-order valence-corrected chi connectivity index (χ4v) is 9.23. The Bertz CT molecular complexity index is 1100. The van der Waals surface area contributed by atoms with Crippen LogP contribution in [0.25, 0.3) is 0 Å². The summed E-state index contributed by atoms with van der Waals surface area (Å²) in [5.74, 6) is 0.455. The van der Waals surface area contributed by atoms with E-state index >= 15 is 0 Å². The van der Waals surface area contributed by atoms with Crippen LogP contribution < -0.4 is 0 Å². The number of esters is 6. The minimum atomic E-state index is -0.767. The molecule has 0 aromatic carbocycles. The molecule has 367 valence electrons. The molecular formula is C50H83NiO12-2. The van der Waals surface area contributed by atoms with E-state index in [0.717, 1.165) is 25.7 Å². The van der Waals surface area contributed by atoms with Crippen molar-refractivity contribution >= 4 is 35.8 Å². The van der Waals surface area contributed by atoms with Crippen LogP contribution in [-0.2, 0) is 73.7 Å². The monoisotopic (exact) mass is 934 g/mol. The third-order valence-electron chi connectivity index (χ3n) is 13.0. The molecular weight excluding hydrogens is 851 g/mol. The van der Waals surface area contributed by atoms with E-state index in [2.05, 4.69) is 13.8 Å². The molecule has 63 heavy (non-hydrogen) atoms. The molecule has 4 rings (SSSR count). The van der Waals surface area contributed by atoms with Crippen LogP contribution >= 0.6 is 0 Å². The molecule has 13 heteroatoms. The van der Waals surface area contributed by atoms with Gasteiger partial charge in [-0.1, -0.05) is 128 Å². The van der Waals surface area contributed by atoms with E-state index in [1.54, 1.807) is 0 Å². The van der Waals surface area contributed by atoms with Gasteiger partial charge in [0.1, 0.15) is 26.4 Å². The Labute approximate surface area is 389 Å². The molecule has 0 amide bonds. The number of ether oxygens (including phenoxy) is 6. The summed E-state index contributed by atoms with van der Waals surface area (Å²) in [6.07, 6.45) is 29.3. The third kappa shape index (κ3) is 28.1. The molecule has 4 saturated carbocycles. The van der Waals surface area contributed by atoms with Gasteiger partial charge in [-0.2, -0.15) is 12.8 Å². The van der Waals surface area contributed by atoms with Gasteiger partial charge in [0, 0.05) is 38.5 Å². The first-order valence-electron chi connectivity index (χ1n) is 24.7. The topological polar surface area (TPSA) is 158 Å². The summed E-state index contributed by atoms with van der Waals surface area (Å²) in [5, 5.41) is 0. The Hall–Kier alpha value is -2.69. The average molecular weight is 935 g/mol. The summed E-state index contributed by atoms with van der Waals surface area (Å²) in [6.45, 7) is 6.97. The van der Waals surface area contributed by atoms with Crippen LogP contribution in [0.2, 0.25) is 0 Å². The Morgan fingerprint density at radius 2 is 0.571 bits per heavy atom. The molecule has 0 unspecified atom stereocenters. The Morgan fingerprint density at radius 3 is 0.778 bits per heavy atom. The van der Waals surface area contributed by atoms with Crippen molar-refractivity contribution in [2.24, 2.45) is 23.7 Å². The zero-order valence-corrected chi connectivity index (χ0v) is 39.6. The summed E-state index contributed by atoms with van der Waals surface area (Å²) in [7, 11) is 0. The maximum absolute atomic E-state index is 12.1. The molecule has 0 radical (unpaired) electrons. The molecule has 4 fully saturated rings. The molecule has 0 heterocycles. The van der Waals surface area contributed by atoms with Gasteiger partial charge in [0.05, 0.1) is 0 Å². The van der Waals surface area contributed by atoms with Crippen molar-refractivity contribution in [1.29, 1.82) is 0 Å². The normalized spacial score (nSPS) is 17.7. The van der Waals surface area contributed by atoms with Crippen molar-refractivity contribution in [3.05, 3.63) is 13.8 Å². The van der Waals surface area contributed by atoms with Gasteiger partial charge >= 0.3 is 52.3 Å². The van der Waals surface area contributed by atoms with Crippen LogP contribution in [0.1, 0.15) is 205 Å². The van der Waals surface area contributed by atoms with Crippen molar-refractivity contribution in [1.82, 2.24) is 0 Å². The number of carbonyl (C=O) groups is 6. The third-order valence-corrected chi connectivity index (χ3v) is 13.0. The molecule has 0 spiro atoms.